The van der Waals surface area contributed by atoms with Crippen LogP contribution in [0.15, 0.2) is 66.1 Å². The molecule has 0 bridgehead atoms. The van der Waals surface area contributed by atoms with E-state index >= 15 is 0 Å². The highest BCUT2D eigenvalue weighted by atomic mass is 79.9. The highest BCUT2D eigenvalue weighted by molar-refractivity contribution is 9.10. The number of rotatable bonds is 6. The zero-order valence-electron chi connectivity index (χ0n) is 16.4. The molecule has 30 heavy (non-hydrogen) atoms. The first-order chi connectivity index (χ1) is 14.5. The Hall–Kier alpha value is -2.64. The van der Waals surface area contributed by atoms with Crippen molar-refractivity contribution in [3.63, 3.8) is 0 Å². The van der Waals surface area contributed by atoms with Gasteiger partial charge in [0.1, 0.15) is 17.7 Å². The van der Waals surface area contributed by atoms with Crippen molar-refractivity contribution >= 4 is 55.9 Å². The topological polar surface area (TPSA) is 66.0 Å². The predicted molar refractivity (Wildman–Crippen MR) is 127 cm³/mol. The average molecular weight is 486 g/mol. The van der Waals surface area contributed by atoms with Gasteiger partial charge in [-0.05, 0) is 65.2 Å². The number of allylic oxidation sites excluding steroid dienone is 1. The van der Waals surface area contributed by atoms with Gasteiger partial charge in [-0.1, -0.05) is 24.8 Å². The number of halogens is 2. The Morgan fingerprint density at radius 3 is 2.73 bits per heavy atom. The van der Waals surface area contributed by atoms with Crippen molar-refractivity contribution in [1.82, 2.24) is 19.9 Å². The first-order valence-corrected chi connectivity index (χ1v) is 10.9. The number of hydrogen-bond acceptors (Lipinski definition) is 6. The van der Waals surface area contributed by atoms with E-state index in [1.807, 2.05) is 36.4 Å². The molecule has 2 aromatic heterocycles. The van der Waals surface area contributed by atoms with Gasteiger partial charge < -0.3 is 15.5 Å². The van der Waals surface area contributed by atoms with Gasteiger partial charge >= 0.3 is 0 Å². The van der Waals surface area contributed by atoms with Gasteiger partial charge in [0, 0.05) is 35.0 Å². The Morgan fingerprint density at radius 1 is 1.20 bits per heavy atom. The maximum Gasteiger partial charge on any atom is 0.160 e. The summed E-state index contributed by atoms with van der Waals surface area (Å²) >= 11 is 9.62. The van der Waals surface area contributed by atoms with E-state index in [0.29, 0.717) is 22.4 Å². The van der Waals surface area contributed by atoms with Crippen LogP contribution in [0.25, 0.3) is 11.0 Å². The normalized spacial score (nSPS) is 14.5. The van der Waals surface area contributed by atoms with E-state index in [1.54, 1.807) is 0 Å². The summed E-state index contributed by atoms with van der Waals surface area (Å²) in [5.41, 5.74) is 3.30. The highest BCUT2D eigenvalue weighted by Gasteiger charge is 2.19. The molecular formula is C22H22BrClN6. The lowest BCUT2D eigenvalue weighted by Gasteiger charge is -2.34. The maximum atomic E-state index is 6.21. The number of aromatic nitrogens is 3. The average Bonchev–Trinajstić information content (AvgIpc) is 2.77. The van der Waals surface area contributed by atoms with Crippen LogP contribution in [0.3, 0.4) is 0 Å². The number of fused-ring (bicyclic) bond motifs is 1. The molecule has 1 aliphatic rings. The lowest BCUT2D eigenvalue weighted by atomic mass is 10.0. The van der Waals surface area contributed by atoms with Crippen molar-refractivity contribution < 1.29 is 0 Å². The minimum absolute atomic E-state index is 0.357. The Kier molecular flexibility index (Phi) is 6.20. The Morgan fingerprint density at radius 2 is 2.00 bits per heavy atom. The largest absolute Gasteiger partial charge is 0.372 e. The number of pyridine rings is 1. The smallest absolute Gasteiger partial charge is 0.160 e. The van der Waals surface area contributed by atoms with E-state index in [9.17, 15) is 0 Å². The molecule has 6 nitrogen and oxygen atoms in total. The molecule has 3 heterocycles. The van der Waals surface area contributed by atoms with Gasteiger partial charge in [-0.2, -0.15) is 0 Å². The second kappa shape index (κ2) is 9.02. The minimum Gasteiger partial charge on any atom is -0.372 e. The number of likely N-dealkylation sites (tertiary alicyclic amines) is 1. The fraction of sp³-hybridized carbons (Fsp3) is 0.227. The van der Waals surface area contributed by atoms with E-state index in [4.69, 9.17) is 16.6 Å². The third-order valence-corrected chi connectivity index (χ3v) is 6.39. The second-order valence-electron chi connectivity index (χ2n) is 7.14. The minimum atomic E-state index is 0.357. The van der Waals surface area contributed by atoms with Crippen LogP contribution in [0.1, 0.15) is 12.8 Å². The Bertz CT molecular complexity index is 1090. The van der Waals surface area contributed by atoms with Crippen LogP contribution in [0.2, 0.25) is 5.02 Å². The Labute approximate surface area is 189 Å². The van der Waals surface area contributed by atoms with Crippen LogP contribution in [-0.2, 0) is 0 Å². The molecule has 0 atom stereocenters. The predicted octanol–water partition coefficient (Wildman–Crippen LogP) is 5.76. The molecule has 0 aliphatic carbocycles. The third-order valence-electron chi connectivity index (χ3n) is 5.15. The summed E-state index contributed by atoms with van der Waals surface area (Å²) in [6.07, 6.45) is 5.37. The molecule has 1 aromatic carbocycles. The number of anilines is 3. The van der Waals surface area contributed by atoms with E-state index < -0.39 is 0 Å². The summed E-state index contributed by atoms with van der Waals surface area (Å²) in [6.45, 7) is 9.75. The fourth-order valence-electron chi connectivity index (χ4n) is 3.47. The number of benzene rings is 1. The quantitative estimate of drug-likeness (QED) is 0.433. The summed E-state index contributed by atoms with van der Waals surface area (Å²) in [5.74, 6) is 1.45. The molecule has 0 spiro atoms. The van der Waals surface area contributed by atoms with E-state index in [0.717, 1.165) is 53.1 Å². The molecule has 1 fully saturated rings. The SMILES string of the molecule is C=CC(=C)N1CCC(Nc2ccc3ncnc(Nc4ccc(Br)c(Cl)c4)c3n2)CC1. The van der Waals surface area contributed by atoms with Crippen molar-refractivity contribution in [1.29, 1.82) is 0 Å². The fourth-order valence-corrected chi connectivity index (χ4v) is 3.90. The zero-order valence-corrected chi connectivity index (χ0v) is 18.7. The molecule has 0 saturated carbocycles. The van der Waals surface area contributed by atoms with E-state index in [2.05, 4.69) is 54.6 Å². The third kappa shape index (κ3) is 4.57. The van der Waals surface area contributed by atoms with Gasteiger partial charge in [-0.25, -0.2) is 15.0 Å². The van der Waals surface area contributed by atoms with Gasteiger partial charge in [0.2, 0.25) is 0 Å². The molecule has 1 aliphatic heterocycles. The molecule has 0 amide bonds. The monoisotopic (exact) mass is 484 g/mol. The van der Waals surface area contributed by atoms with Gasteiger partial charge in [0.05, 0.1) is 10.5 Å². The first-order valence-electron chi connectivity index (χ1n) is 9.70. The van der Waals surface area contributed by atoms with Crippen molar-refractivity contribution in [3.05, 3.63) is 71.1 Å². The zero-order chi connectivity index (χ0) is 21.1. The van der Waals surface area contributed by atoms with Gasteiger partial charge in [0.15, 0.2) is 5.82 Å². The summed E-state index contributed by atoms with van der Waals surface area (Å²) < 4.78 is 0.842. The molecule has 154 valence electrons. The summed E-state index contributed by atoms with van der Waals surface area (Å²) in [6, 6.07) is 9.94. The number of nitrogens with zero attached hydrogens (tertiary/aromatic N) is 4. The van der Waals surface area contributed by atoms with Crippen LogP contribution in [0.5, 0.6) is 0 Å². The van der Waals surface area contributed by atoms with Crippen LogP contribution in [0, 0.1) is 0 Å². The van der Waals surface area contributed by atoms with Crippen LogP contribution < -0.4 is 10.6 Å². The maximum absolute atomic E-state index is 6.21. The molecule has 4 rings (SSSR count). The summed E-state index contributed by atoms with van der Waals surface area (Å²) in [4.78, 5) is 15.8. The lowest BCUT2D eigenvalue weighted by molar-refractivity contribution is 0.280. The van der Waals surface area contributed by atoms with Gasteiger partial charge in [-0.3, -0.25) is 0 Å². The number of nitrogens with one attached hydrogen (secondary N) is 2. The van der Waals surface area contributed by atoms with E-state index in [1.165, 1.54) is 6.33 Å². The second-order valence-corrected chi connectivity index (χ2v) is 8.40. The van der Waals surface area contributed by atoms with Crippen LogP contribution in [-0.4, -0.2) is 39.0 Å². The molecular weight excluding hydrogens is 464 g/mol. The first kappa shape index (κ1) is 20.6. The van der Waals surface area contributed by atoms with Crippen molar-refractivity contribution in [2.45, 2.75) is 18.9 Å². The van der Waals surface area contributed by atoms with Gasteiger partial charge in [0.25, 0.3) is 0 Å². The highest BCUT2D eigenvalue weighted by Crippen LogP contribution is 2.29. The standard InChI is InChI=1S/C22H22BrClN6/c1-3-14(2)30-10-8-15(9-11-30)27-20-7-6-19-21(29-20)22(26-13-25-19)28-16-4-5-17(23)18(24)12-16/h3-7,12-13,15H,1-2,8-11H2,(H,27,29)(H,25,26,28). The molecule has 8 heteroatoms. The van der Waals surface area contributed by atoms with Crippen molar-refractivity contribution in [2.24, 2.45) is 0 Å². The molecule has 1 saturated heterocycles. The molecule has 0 radical (unpaired) electrons. The van der Waals surface area contributed by atoms with Crippen molar-refractivity contribution in [2.75, 3.05) is 23.7 Å². The van der Waals surface area contributed by atoms with Crippen molar-refractivity contribution in [3.8, 4) is 0 Å². The van der Waals surface area contributed by atoms with Crippen LogP contribution >= 0.6 is 27.5 Å². The van der Waals surface area contributed by atoms with Crippen LogP contribution in [0.4, 0.5) is 17.3 Å². The Balaban J connectivity index is 1.52. The van der Waals surface area contributed by atoms with E-state index in [-0.39, 0.29) is 0 Å². The molecule has 0 unspecified atom stereocenters. The summed E-state index contributed by atoms with van der Waals surface area (Å²) in [7, 11) is 0. The molecule has 3 aromatic rings. The summed E-state index contributed by atoms with van der Waals surface area (Å²) in [5, 5.41) is 7.48. The van der Waals surface area contributed by atoms with Gasteiger partial charge in [-0.15, -0.1) is 0 Å². The molecule has 2 N–H and O–H groups in total. The lowest BCUT2D eigenvalue weighted by Crippen LogP contribution is -2.38. The number of piperidine rings is 1. The number of hydrogen-bond donors (Lipinski definition) is 2.